The highest BCUT2D eigenvalue weighted by molar-refractivity contribution is 5.48. The molecule has 0 amide bonds. The van der Waals surface area contributed by atoms with Gasteiger partial charge in [-0.15, -0.1) is 0 Å². The minimum atomic E-state index is 0.751. The van der Waals surface area contributed by atoms with Gasteiger partial charge >= 0.3 is 0 Å². The van der Waals surface area contributed by atoms with Crippen LogP contribution >= 0.6 is 0 Å². The van der Waals surface area contributed by atoms with Crippen molar-refractivity contribution in [1.29, 1.82) is 0 Å². The molecule has 24 heavy (non-hydrogen) atoms. The molecular weight excluding hydrogens is 294 g/mol. The highest BCUT2D eigenvalue weighted by Crippen LogP contribution is 2.14. The molecule has 0 heterocycles. The van der Waals surface area contributed by atoms with Gasteiger partial charge in [0.15, 0.2) is 0 Å². The molecule has 0 fully saturated rings. The summed E-state index contributed by atoms with van der Waals surface area (Å²) in [6.45, 7) is 8.26. The maximum absolute atomic E-state index is 5.82. The second-order valence-corrected chi connectivity index (χ2v) is 5.87. The molecule has 0 saturated heterocycles. The molecule has 0 aromatic heterocycles. The Morgan fingerprint density at radius 3 is 2.29 bits per heavy atom. The molecule has 2 aromatic rings. The molecule has 0 bridgehead atoms. The summed E-state index contributed by atoms with van der Waals surface area (Å²) in [4.78, 5) is 2.37. The summed E-state index contributed by atoms with van der Waals surface area (Å²) < 4.78 is 5.82. The van der Waals surface area contributed by atoms with Crippen LogP contribution in [0.3, 0.4) is 0 Å². The molecule has 0 N–H and O–H groups in total. The van der Waals surface area contributed by atoms with Crippen molar-refractivity contribution in [3.8, 4) is 5.75 Å². The lowest BCUT2D eigenvalue weighted by Gasteiger charge is -2.18. The predicted molar refractivity (Wildman–Crippen MR) is 104 cm³/mol. The van der Waals surface area contributed by atoms with Crippen LogP contribution in [-0.4, -0.2) is 31.1 Å². The van der Waals surface area contributed by atoms with E-state index in [1.165, 1.54) is 11.1 Å². The fourth-order valence-electron chi connectivity index (χ4n) is 2.62. The van der Waals surface area contributed by atoms with Crippen molar-refractivity contribution in [3.63, 3.8) is 0 Å². The molecular formula is C22H29NO. The molecule has 128 valence electrons. The Morgan fingerprint density at radius 2 is 1.62 bits per heavy atom. The van der Waals surface area contributed by atoms with Gasteiger partial charge < -0.3 is 9.64 Å². The molecule has 2 nitrogen and oxygen atoms in total. The van der Waals surface area contributed by atoms with E-state index in [0.717, 1.165) is 44.8 Å². The van der Waals surface area contributed by atoms with Crippen LogP contribution in [0.1, 0.15) is 31.4 Å². The smallest absolute Gasteiger partial charge is 0.119 e. The van der Waals surface area contributed by atoms with Gasteiger partial charge in [-0.1, -0.05) is 68.5 Å². The minimum Gasteiger partial charge on any atom is -0.492 e. The number of likely N-dealkylation sites (N-methyl/N-ethyl adjacent to an activating group) is 1. The molecule has 0 aliphatic carbocycles. The lowest BCUT2D eigenvalue weighted by molar-refractivity contribution is 0.223. The summed E-state index contributed by atoms with van der Waals surface area (Å²) in [6, 6.07) is 18.9. The second kappa shape index (κ2) is 10.7. The fourth-order valence-corrected chi connectivity index (χ4v) is 2.62. The van der Waals surface area contributed by atoms with Crippen molar-refractivity contribution in [3.05, 3.63) is 71.8 Å². The molecule has 0 atom stereocenters. The lowest BCUT2D eigenvalue weighted by Crippen LogP contribution is -2.27. The number of benzene rings is 2. The van der Waals surface area contributed by atoms with Gasteiger partial charge in [0.25, 0.3) is 0 Å². The first-order valence-electron chi connectivity index (χ1n) is 8.97. The highest BCUT2D eigenvalue weighted by atomic mass is 16.5. The molecule has 0 spiro atoms. The first-order chi connectivity index (χ1) is 11.8. The van der Waals surface area contributed by atoms with E-state index in [1.807, 2.05) is 6.07 Å². The van der Waals surface area contributed by atoms with Crippen molar-refractivity contribution in [2.45, 2.75) is 26.7 Å². The van der Waals surface area contributed by atoms with E-state index >= 15 is 0 Å². The Hall–Kier alpha value is -2.06. The minimum absolute atomic E-state index is 0.751. The van der Waals surface area contributed by atoms with E-state index in [0.29, 0.717) is 0 Å². The molecule has 0 saturated carbocycles. The summed E-state index contributed by atoms with van der Waals surface area (Å²) in [7, 11) is 0. The first-order valence-corrected chi connectivity index (χ1v) is 8.97. The van der Waals surface area contributed by atoms with Gasteiger partial charge in [-0.05, 0) is 49.2 Å². The number of allylic oxidation sites excluding steroid dienone is 1. The van der Waals surface area contributed by atoms with E-state index in [2.05, 4.69) is 79.4 Å². The molecule has 2 aromatic carbocycles. The zero-order valence-electron chi connectivity index (χ0n) is 14.9. The van der Waals surface area contributed by atoms with Crippen LogP contribution in [-0.2, 0) is 6.42 Å². The Kier molecular flexibility index (Phi) is 8.12. The van der Waals surface area contributed by atoms with Crippen LogP contribution in [0.5, 0.6) is 5.75 Å². The first kappa shape index (κ1) is 18.3. The third kappa shape index (κ3) is 6.59. The molecule has 0 aliphatic heterocycles. The maximum atomic E-state index is 5.82. The Morgan fingerprint density at radius 1 is 0.917 bits per heavy atom. The van der Waals surface area contributed by atoms with Gasteiger partial charge in [-0.25, -0.2) is 0 Å². The average Bonchev–Trinajstić information content (AvgIpc) is 2.64. The predicted octanol–water partition coefficient (Wildman–Crippen LogP) is 5.05. The summed E-state index contributed by atoms with van der Waals surface area (Å²) in [5, 5.41) is 0. The van der Waals surface area contributed by atoms with Gasteiger partial charge in [-0.3, -0.25) is 0 Å². The largest absolute Gasteiger partial charge is 0.492 e. The van der Waals surface area contributed by atoms with Crippen LogP contribution in [0, 0.1) is 0 Å². The van der Waals surface area contributed by atoms with E-state index in [4.69, 9.17) is 4.74 Å². The van der Waals surface area contributed by atoms with Crippen molar-refractivity contribution < 1.29 is 4.74 Å². The van der Waals surface area contributed by atoms with E-state index < -0.39 is 0 Å². The fraction of sp³-hybridized carbons (Fsp3) is 0.364. The third-order valence-corrected chi connectivity index (χ3v) is 4.20. The van der Waals surface area contributed by atoms with Gasteiger partial charge in [0.2, 0.25) is 0 Å². The van der Waals surface area contributed by atoms with Gasteiger partial charge in [0, 0.05) is 6.54 Å². The van der Waals surface area contributed by atoms with Crippen molar-refractivity contribution in [1.82, 2.24) is 4.90 Å². The third-order valence-electron chi connectivity index (χ3n) is 4.20. The summed E-state index contributed by atoms with van der Waals surface area (Å²) in [5.74, 6) is 0.964. The highest BCUT2D eigenvalue weighted by Gasteiger charge is 2.00. The zero-order chi connectivity index (χ0) is 17.0. The number of ether oxygens (including phenoxy) is 1. The van der Waals surface area contributed by atoms with E-state index in [-0.39, 0.29) is 0 Å². The van der Waals surface area contributed by atoms with Crippen LogP contribution in [0.25, 0.3) is 6.08 Å². The standard InChI is InChI=1S/C22H29NO/c1-3-23(4-2)18-19-24-22-16-14-21(15-17-22)13-9-8-12-20-10-6-5-7-11-20/h5-8,10-12,14-17H,3-4,9,13,18-19H2,1-2H3. The number of nitrogens with zero attached hydrogens (tertiary/aromatic N) is 1. The van der Waals surface area contributed by atoms with E-state index in [9.17, 15) is 0 Å². The second-order valence-electron chi connectivity index (χ2n) is 5.87. The van der Waals surface area contributed by atoms with Crippen LogP contribution < -0.4 is 4.74 Å². The van der Waals surface area contributed by atoms with Crippen LogP contribution in [0.2, 0.25) is 0 Å². The van der Waals surface area contributed by atoms with Gasteiger partial charge in [0.1, 0.15) is 12.4 Å². The van der Waals surface area contributed by atoms with Crippen LogP contribution in [0.4, 0.5) is 0 Å². The van der Waals surface area contributed by atoms with Gasteiger partial charge in [0.05, 0.1) is 0 Å². The van der Waals surface area contributed by atoms with Crippen molar-refractivity contribution >= 4 is 6.08 Å². The number of hydrogen-bond acceptors (Lipinski definition) is 2. The Labute approximate surface area is 146 Å². The summed E-state index contributed by atoms with van der Waals surface area (Å²) >= 11 is 0. The van der Waals surface area contributed by atoms with Crippen LogP contribution in [0.15, 0.2) is 60.7 Å². The van der Waals surface area contributed by atoms with E-state index in [1.54, 1.807) is 0 Å². The molecule has 0 aliphatic rings. The summed E-state index contributed by atoms with van der Waals surface area (Å²) in [6.07, 6.45) is 6.54. The Bertz CT molecular complexity index is 585. The number of rotatable bonds is 10. The number of hydrogen-bond donors (Lipinski definition) is 0. The monoisotopic (exact) mass is 323 g/mol. The zero-order valence-corrected chi connectivity index (χ0v) is 14.9. The molecule has 2 heteroatoms. The topological polar surface area (TPSA) is 12.5 Å². The van der Waals surface area contributed by atoms with Crippen molar-refractivity contribution in [2.75, 3.05) is 26.2 Å². The Balaban J connectivity index is 1.71. The summed E-state index contributed by atoms with van der Waals surface area (Å²) in [5.41, 5.74) is 2.61. The lowest BCUT2D eigenvalue weighted by atomic mass is 10.1. The van der Waals surface area contributed by atoms with Crippen molar-refractivity contribution in [2.24, 2.45) is 0 Å². The molecule has 0 unspecified atom stereocenters. The average molecular weight is 323 g/mol. The SMILES string of the molecule is CCN(CC)CCOc1ccc(CCC=Cc2ccccc2)cc1. The number of aryl methyl sites for hydroxylation is 1. The van der Waals surface area contributed by atoms with Gasteiger partial charge in [-0.2, -0.15) is 0 Å². The quantitative estimate of drug-likeness (QED) is 0.606. The molecule has 0 radical (unpaired) electrons. The maximum Gasteiger partial charge on any atom is 0.119 e. The molecule has 2 rings (SSSR count). The normalized spacial score (nSPS) is 11.3.